The standard InChI is InChI=1S/C43H41N3O6S2/c1-51-32-21-13-15-28(25-32)26-35(45-39(47)30-18-9-6-10-19-30)40(48)44-31-20-14-22-33(27-31)53-38(29-16-7-5-8-17-29)41(49)46-42-37(43(50)52-2)34-23-11-3-4-12-24-36(34)54-42/h5-10,13-22,25-27,38H,3-4,11-12,23-24H2,1-2H3,(H,44,48)(H,45,47)(H,46,49)/b35-26-. The van der Waals surface area contributed by atoms with Crippen LogP contribution in [-0.2, 0) is 27.2 Å². The molecule has 54 heavy (non-hydrogen) atoms. The van der Waals surface area contributed by atoms with Gasteiger partial charge in [0.05, 0.1) is 19.8 Å². The van der Waals surface area contributed by atoms with E-state index >= 15 is 0 Å². The summed E-state index contributed by atoms with van der Waals surface area (Å²) in [5.74, 6) is -1.10. The van der Waals surface area contributed by atoms with E-state index in [4.69, 9.17) is 9.47 Å². The third-order valence-corrected chi connectivity index (χ3v) is 11.4. The van der Waals surface area contributed by atoms with Crippen molar-refractivity contribution in [3.8, 4) is 5.75 Å². The van der Waals surface area contributed by atoms with Crippen molar-refractivity contribution in [2.24, 2.45) is 0 Å². The molecule has 4 aromatic carbocycles. The molecule has 1 aromatic heterocycles. The smallest absolute Gasteiger partial charge is 0.341 e. The van der Waals surface area contributed by atoms with E-state index in [1.54, 1.807) is 79.9 Å². The number of hydrogen-bond donors (Lipinski definition) is 3. The Morgan fingerprint density at radius 3 is 2.24 bits per heavy atom. The van der Waals surface area contributed by atoms with Gasteiger partial charge in [-0.2, -0.15) is 0 Å². The average molecular weight is 760 g/mol. The van der Waals surface area contributed by atoms with Gasteiger partial charge >= 0.3 is 5.97 Å². The van der Waals surface area contributed by atoms with Gasteiger partial charge in [-0.1, -0.05) is 79.6 Å². The van der Waals surface area contributed by atoms with Gasteiger partial charge in [0.25, 0.3) is 11.8 Å². The highest BCUT2D eigenvalue weighted by molar-refractivity contribution is 8.00. The van der Waals surface area contributed by atoms with Crippen molar-refractivity contribution in [1.82, 2.24) is 5.32 Å². The molecule has 0 saturated carbocycles. The van der Waals surface area contributed by atoms with Crippen LogP contribution < -0.4 is 20.7 Å². The Bertz CT molecular complexity index is 2150. The van der Waals surface area contributed by atoms with Crippen molar-refractivity contribution in [1.29, 1.82) is 0 Å². The van der Waals surface area contributed by atoms with Crippen LogP contribution in [0.5, 0.6) is 5.75 Å². The molecule has 0 saturated heterocycles. The molecular weight excluding hydrogens is 719 g/mol. The minimum atomic E-state index is -0.694. The molecule has 11 heteroatoms. The van der Waals surface area contributed by atoms with Gasteiger partial charge in [0.15, 0.2) is 0 Å². The Kier molecular flexibility index (Phi) is 13.0. The number of fused-ring (bicyclic) bond motifs is 1. The lowest BCUT2D eigenvalue weighted by Gasteiger charge is -2.18. The second-order valence-corrected chi connectivity index (χ2v) is 14.9. The number of carbonyl (C=O) groups is 4. The number of amides is 3. The van der Waals surface area contributed by atoms with Gasteiger partial charge in [0.2, 0.25) is 5.91 Å². The molecule has 0 fully saturated rings. The lowest BCUT2D eigenvalue weighted by Crippen LogP contribution is -2.30. The molecule has 5 aromatic rings. The van der Waals surface area contributed by atoms with Crippen LogP contribution in [0.2, 0.25) is 0 Å². The molecule has 1 aliphatic carbocycles. The number of carbonyl (C=O) groups excluding carboxylic acids is 4. The van der Waals surface area contributed by atoms with Crippen molar-refractivity contribution >= 4 is 63.6 Å². The molecule has 9 nitrogen and oxygen atoms in total. The Morgan fingerprint density at radius 2 is 1.50 bits per heavy atom. The van der Waals surface area contributed by atoms with Crippen molar-refractivity contribution in [3.63, 3.8) is 0 Å². The summed E-state index contributed by atoms with van der Waals surface area (Å²) in [5, 5.41) is 8.60. The summed E-state index contributed by atoms with van der Waals surface area (Å²) in [7, 11) is 2.92. The highest BCUT2D eigenvalue weighted by atomic mass is 32.2. The molecule has 1 unspecified atom stereocenters. The summed E-state index contributed by atoms with van der Waals surface area (Å²) in [6.07, 6.45) is 7.48. The number of thiophene rings is 1. The molecule has 276 valence electrons. The first kappa shape index (κ1) is 38.1. The highest BCUT2D eigenvalue weighted by Crippen LogP contribution is 2.41. The monoisotopic (exact) mass is 759 g/mol. The van der Waals surface area contributed by atoms with E-state index in [1.807, 2.05) is 42.5 Å². The summed E-state index contributed by atoms with van der Waals surface area (Å²) in [5.41, 5.74) is 3.76. The fraction of sp³-hybridized carbons (Fsp3) is 0.209. The zero-order chi connectivity index (χ0) is 37.9. The summed E-state index contributed by atoms with van der Waals surface area (Å²) in [4.78, 5) is 56.1. The predicted molar refractivity (Wildman–Crippen MR) is 215 cm³/mol. The topological polar surface area (TPSA) is 123 Å². The van der Waals surface area contributed by atoms with E-state index in [0.717, 1.165) is 59.4 Å². The fourth-order valence-corrected chi connectivity index (χ4v) is 8.59. The van der Waals surface area contributed by atoms with E-state index in [1.165, 1.54) is 30.2 Å². The fourth-order valence-electron chi connectivity index (χ4n) is 6.23. The van der Waals surface area contributed by atoms with Crippen molar-refractivity contribution in [2.75, 3.05) is 24.9 Å². The van der Waals surface area contributed by atoms with Crippen molar-refractivity contribution < 1.29 is 28.7 Å². The predicted octanol–water partition coefficient (Wildman–Crippen LogP) is 9.08. The van der Waals surface area contributed by atoms with Crippen LogP contribution in [-0.4, -0.2) is 37.9 Å². The summed E-state index contributed by atoms with van der Waals surface area (Å²) >= 11 is 2.78. The minimum absolute atomic E-state index is 0.0307. The zero-order valence-electron chi connectivity index (χ0n) is 30.1. The number of thioether (sulfide) groups is 1. The molecule has 1 atom stereocenters. The van der Waals surface area contributed by atoms with E-state index in [9.17, 15) is 19.2 Å². The molecule has 1 aliphatic rings. The number of esters is 1. The third-order valence-electron chi connectivity index (χ3n) is 8.92. The number of aryl methyl sites for hydroxylation is 1. The van der Waals surface area contributed by atoms with Crippen LogP contribution in [0.4, 0.5) is 10.7 Å². The minimum Gasteiger partial charge on any atom is -0.497 e. The van der Waals surface area contributed by atoms with Crippen molar-refractivity contribution in [2.45, 2.75) is 48.7 Å². The molecule has 0 bridgehead atoms. The van der Waals surface area contributed by atoms with Gasteiger partial charge in [-0.25, -0.2) is 4.79 Å². The number of benzene rings is 4. The highest BCUT2D eigenvalue weighted by Gasteiger charge is 2.29. The molecule has 0 radical (unpaired) electrons. The average Bonchev–Trinajstić information content (AvgIpc) is 3.51. The van der Waals surface area contributed by atoms with Gasteiger partial charge in [-0.15, -0.1) is 23.1 Å². The van der Waals surface area contributed by atoms with Gasteiger partial charge in [-0.05, 0) is 90.9 Å². The van der Waals surface area contributed by atoms with E-state index in [-0.39, 0.29) is 11.6 Å². The van der Waals surface area contributed by atoms with Crippen LogP contribution in [0.3, 0.4) is 0 Å². The van der Waals surface area contributed by atoms with E-state index in [2.05, 4.69) is 16.0 Å². The van der Waals surface area contributed by atoms with Gasteiger partial charge < -0.3 is 25.4 Å². The molecular formula is C43H41N3O6S2. The first-order valence-electron chi connectivity index (χ1n) is 17.7. The Labute approximate surface area is 323 Å². The Morgan fingerprint density at radius 1 is 0.778 bits per heavy atom. The first-order valence-corrected chi connectivity index (χ1v) is 19.4. The molecule has 0 spiro atoms. The molecule has 0 aliphatic heterocycles. The number of ether oxygens (including phenoxy) is 2. The van der Waals surface area contributed by atoms with Gasteiger partial charge in [0, 0.05) is 21.0 Å². The van der Waals surface area contributed by atoms with Gasteiger partial charge in [-0.3, -0.25) is 14.4 Å². The maximum atomic E-state index is 14.2. The number of hydrogen-bond acceptors (Lipinski definition) is 8. The molecule has 6 rings (SSSR count). The van der Waals surface area contributed by atoms with E-state index < -0.39 is 23.0 Å². The molecule has 1 heterocycles. The van der Waals surface area contributed by atoms with Crippen LogP contribution >= 0.6 is 23.1 Å². The van der Waals surface area contributed by atoms with E-state index in [0.29, 0.717) is 33.1 Å². The van der Waals surface area contributed by atoms with Gasteiger partial charge in [0.1, 0.15) is 21.7 Å². The maximum Gasteiger partial charge on any atom is 0.341 e. The van der Waals surface area contributed by atoms with Crippen molar-refractivity contribution in [3.05, 3.63) is 148 Å². The number of anilines is 2. The quantitative estimate of drug-likeness (QED) is 0.0659. The molecule has 3 N–H and O–H groups in total. The summed E-state index contributed by atoms with van der Waals surface area (Å²) in [6, 6.07) is 32.4. The zero-order valence-corrected chi connectivity index (χ0v) is 31.7. The first-order chi connectivity index (χ1) is 26.3. The SMILES string of the molecule is COC(=O)c1c(NC(=O)C(Sc2cccc(NC(=O)/C(=C/c3cccc(OC)c3)NC(=O)c3ccccc3)c2)c2ccccc2)sc2c1CCCCCC2. The lowest BCUT2D eigenvalue weighted by molar-refractivity contribution is -0.116. The van der Waals surface area contributed by atoms with Crippen LogP contribution in [0.25, 0.3) is 6.08 Å². The number of methoxy groups -OCH3 is 2. The molecule has 3 amide bonds. The Balaban J connectivity index is 1.26. The third kappa shape index (κ3) is 9.66. The lowest BCUT2D eigenvalue weighted by atomic mass is 9.96. The maximum absolute atomic E-state index is 14.2. The normalized spacial score (nSPS) is 13.3. The Hall–Kier alpha value is -5.65. The van der Waals surface area contributed by atoms with Crippen LogP contribution in [0.15, 0.2) is 120 Å². The second-order valence-electron chi connectivity index (χ2n) is 12.6. The largest absolute Gasteiger partial charge is 0.497 e. The second kappa shape index (κ2) is 18.4. The van der Waals surface area contributed by atoms with Crippen LogP contribution in [0.1, 0.15) is 73.2 Å². The summed E-state index contributed by atoms with van der Waals surface area (Å²) < 4.78 is 10.5. The van der Waals surface area contributed by atoms with Crippen LogP contribution in [0, 0.1) is 0 Å². The number of rotatable bonds is 12. The number of nitrogens with one attached hydrogen (secondary N) is 3. The summed E-state index contributed by atoms with van der Waals surface area (Å²) in [6.45, 7) is 0.